The third-order valence-corrected chi connectivity index (χ3v) is 5.20. The van der Waals surface area contributed by atoms with E-state index in [4.69, 9.17) is 0 Å². The van der Waals surface area contributed by atoms with Gasteiger partial charge in [0.15, 0.2) is 0 Å². The number of amides is 1. The number of hydrogen-bond donors (Lipinski definition) is 1. The van der Waals surface area contributed by atoms with Crippen LogP contribution in [-0.4, -0.2) is 28.3 Å². The molecule has 0 radical (unpaired) electrons. The van der Waals surface area contributed by atoms with Crippen LogP contribution in [0.15, 0.2) is 0 Å². The van der Waals surface area contributed by atoms with Gasteiger partial charge in [0.05, 0.1) is 4.75 Å². The molecule has 0 bridgehead atoms. The summed E-state index contributed by atoms with van der Waals surface area (Å²) in [7, 11) is 0. The fraction of sp³-hybridized carbons (Fsp3) is 0.900. The van der Waals surface area contributed by atoms with Crippen molar-refractivity contribution in [3.05, 3.63) is 0 Å². The summed E-state index contributed by atoms with van der Waals surface area (Å²) in [5, 5.41) is 3.97. The average Bonchev–Trinajstić information content (AvgIpc) is 2.62. The van der Waals surface area contributed by atoms with Gasteiger partial charge in [-0.15, -0.1) is 11.8 Å². The second-order valence-corrected chi connectivity index (χ2v) is 6.40. The first-order chi connectivity index (χ1) is 6.58. The first kappa shape index (κ1) is 12.4. The Morgan fingerprint density at radius 1 is 1.71 bits per heavy atom. The minimum atomic E-state index is -0.161. The van der Waals surface area contributed by atoms with Gasteiger partial charge in [-0.1, -0.05) is 22.9 Å². The number of carbonyl (C=O) groups is 1. The molecule has 0 aliphatic carbocycles. The van der Waals surface area contributed by atoms with E-state index >= 15 is 0 Å². The molecule has 2 unspecified atom stereocenters. The minimum Gasteiger partial charge on any atom is -0.355 e. The molecule has 1 aliphatic rings. The van der Waals surface area contributed by atoms with Crippen molar-refractivity contribution in [2.24, 2.45) is 5.92 Å². The van der Waals surface area contributed by atoms with Crippen LogP contribution in [0.25, 0.3) is 0 Å². The Balaban J connectivity index is 2.34. The zero-order chi connectivity index (χ0) is 10.6. The molecule has 4 heteroatoms. The molecule has 0 aromatic carbocycles. The molecular weight excluding hydrogens is 262 g/mol. The number of alkyl halides is 1. The highest BCUT2D eigenvalue weighted by Gasteiger charge is 2.36. The molecule has 2 atom stereocenters. The lowest BCUT2D eigenvalue weighted by Gasteiger charge is -2.22. The summed E-state index contributed by atoms with van der Waals surface area (Å²) in [6.07, 6.45) is 2.19. The molecule has 0 aromatic heterocycles. The highest BCUT2D eigenvalue weighted by molar-refractivity contribution is 9.09. The molecule has 1 heterocycles. The van der Waals surface area contributed by atoms with Gasteiger partial charge >= 0.3 is 0 Å². The van der Waals surface area contributed by atoms with Crippen molar-refractivity contribution in [2.75, 3.05) is 17.6 Å². The van der Waals surface area contributed by atoms with Crippen molar-refractivity contribution in [3.8, 4) is 0 Å². The molecule has 1 saturated heterocycles. The van der Waals surface area contributed by atoms with Crippen LogP contribution in [0.5, 0.6) is 0 Å². The average molecular weight is 280 g/mol. The number of halogens is 1. The molecule has 1 N–H and O–H groups in total. The highest BCUT2D eigenvalue weighted by Crippen LogP contribution is 2.37. The summed E-state index contributed by atoms with van der Waals surface area (Å²) in [4.78, 5) is 11.8. The number of hydrogen-bond acceptors (Lipinski definition) is 2. The van der Waals surface area contributed by atoms with E-state index in [1.54, 1.807) is 11.8 Å². The van der Waals surface area contributed by atoms with Crippen molar-refractivity contribution < 1.29 is 4.79 Å². The highest BCUT2D eigenvalue weighted by atomic mass is 79.9. The molecule has 1 aliphatic heterocycles. The third-order valence-electron chi connectivity index (χ3n) is 2.57. The van der Waals surface area contributed by atoms with Crippen LogP contribution in [0, 0.1) is 5.92 Å². The maximum atomic E-state index is 11.8. The molecule has 1 rings (SSSR count). The van der Waals surface area contributed by atoms with E-state index in [1.165, 1.54) is 6.42 Å². The van der Waals surface area contributed by atoms with Gasteiger partial charge < -0.3 is 5.32 Å². The van der Waals surface area contributed by atoms with E-state index in [1.807, 2.05) is 0 Å². The first-order valence-electron chi connectivity index (χ1n) is 5.07. The number of nitrogens with one attached hydrogen (secondary N) is 1. The molecule has 0 saturated carbocycles. The molecule has 0 aromatic rings. The lowest BCUT2D eigenvalue weighted by Crippen LogP contribution is -2.42. The van der Waals surface area contributed by atoms with Crippen LogP contribution >= 0.6 is 27.7 Å². The maximum Gasteiger partial charge on any atom is 0.235 e. The largest absolute Gasteiger partial charge is 0.355 e. The van der Waals surface area contributed by atoms with Gasteiger partial charge in [-0.05, 0) is 31.4 Å². The molecule has 0 spiro atoms. The van der Waals surface area contributed by atoms with Gasteiger partial charge in [0.1, 0.15) is 0 Å². The van der Waals surface area contributed by atoms with Gasteiger partial charge in [0.25, 0.3) is 0 Å². The second-order valence-electron chi connectivity index (χ2n) is 4.15. The van der Waals surface area contributed by atoms with E-state index < -0.39 is 0 Å². The lowest BCUT2D eigenvalue weighted by molar-refractivity contribution is -0.123. The summed E-state index contributed by atoms with van der Waals surface area (Å²) in [6, 6.07) is 0. The van der Waals surface area contributed by atoms with Gasteiger partial charge in [0.2, 0.25) is 5.91 Å². The van der Waals surface area contributed by atoms with Crippen molar-refractivity contribution in [1.82, 2.24) is 5.32 Å². The van der Waals surface area contributed by atoms with Crippen LogP contribution in [0.4, 0.5) is 0 Å². The fourth-order valence-electron chi connectivity index (χ4n) is 1.47. The quantitative estimate of drug-likeness (QED) is 0.801. The summed E-state index contributed by atoms with van der Waals surface area (Å²) < 4.78 is -0.161. The summed E-state index contributed by atoms with van der Waals surface area (Å²) in [6.45, 7) is 4.96. The second kappa shape index (κ2) is 5.40. The molecule has 2 nitrogen and oxygen atoms in total. The maximum absolute atomic E-state index is 11.8. The monoisotopic (exact) mass is 279 g/mol. The van der Waals surface area contributed by atoms with Crippen LogP contribution < -0.4 is 5.32 Å². The van der Waals surface area contributed by atoms with Crippen molar-refractivity contribution in [2.45, 2.75) is 31.4 Å². The molecular formula is C10H18BrNOS. The van der Waals surface area contributed by atoms with Crippen molar-refractivity contribution >= 4 is 33.6 Å². The van der Waals surface area contributed by atoms with Crippen molar-refractivity contribution in [3.63, 3.8) is 0 Å². The van der Waals surface area contributed by atoms with Crippen LogP contribution in [0.1, 0.15) is 26.7 Å². The third kappa shape index (κ3) is 3.16. The Morgan fingerprint density at radius 3 is 2.93 bits per heavy atom. The first-order valence-corrected chi connectivity index (χ1v) is 7.17. The fourth-order valence-corrected chi connectivity index (χ4v) is 2.93. The molecule has 14 heavy (non-hydrogen) atoms. The van der Waals surface area contributed by atoms with Crippen LogP contribution in [0.2, 0.25) is 0 Å². The van der Waals surface area contributed by atoms with Crippen molar-refractivity contribution in [1.29, 1.82) is 0 Å². The Kier molecular flexibility index (Phi) is 4.77. The zero-order valence-corrected chi connectivity index (χ0v) is 11.2. The predicted molar refractivity (Wildman–Crippen MR) is 66.1 cm³/mol. The summed E-state index contributed by atoms with van der Waals surface area (Å²) in [5.41, 5.74) is 0. The normalized spacial score (nSPS) is 28.8. The Hall–Kier alpha value is 0.300. The van der Waals surface area contributed by atoms with Gasteiger partial charge in [-0.2, -0.15) is 0 Å². The minimum absolute atomic E-state index is 0.161. The topological polar surface area (TPSA) is 29.1 Å². The molecule has 1 amide bonds. The predicted octanol–water partition coefficient (Wildman–Crippen LogP) is 2.42. The van der Waals surface area contributed by atoms with Crippen LogP contribution in [-0.2, 0) is 4.79 Å². The lowest BCUT2D eigenvalue weighted by atomic mass is 10.0. The molecule has 1 fully saturated rings. The van der Waals surface area contributed by atoms with E-state index in [2.05, 4.69) is 35.1 Å². The Bertz CT molecular complexity index is 204. The number of carbonyl (C=O) groups excluding carboxylic acids is 1. The van der Waals surface area contributed by atoms with Gasteiger partial charge in [-0.25, -0.2) is 0 Å². The molecule has 82 valence electrons. The number of thioether (sulfide) groups is 1. The van der Waals surface area contributed by atoms with E-state index in [-0.39, 0.29) is 10.7 Å². The van der Waals surface area contributed by atoms with E-state index in [0.717, 1.165) is 24.0 Å². The summed E-state index contributed by atoms with van der Waals surface area (Å²) in [5.74, 6) is 1.85. The van der Waals surface area contributed by atoms with Gasteiger partial charge in [-0.3, -0.25) is 4.79 Å². The van der Waals surface area contributed by atoms with Gasteiger partial charge in [0, 0.05) is 11.9 Å². The smallest absolute Gasteiger partial charge is 0.235 e. The van der Waals surface area contributed by atoms with Crippen LogP contribution in [0.3, 0.4) is 0 Å². The SMILES string of the molecule is CC(CBr)CNC(=O)C1(C)CCCS1. The zero-order valence-electron chi connectivity index (χ0n) is 8.81. The standard InChI is InChI=1S/C10H18BrNOS/c1-8(6-11)7-12-9(13)10(2)4-3-5-14-10/h8H,3-7H2,1-2H3,(H,12,13). The van der Waals surface area contributed by atoms with E-state index in [0.29, 0.717) is 5.92 Å². The Labute approximate surface area is 98.7 Å². The summed E-state index contributed by atoms with van der Waals surface area (Å²) >= 11 is 5.19. The Morgan fingerprint density at radius 2 is 2.43 bits per heavy atom. The number of rotatable bonds is 4. The van der Waals surface area contributed by atoms with E-state index in [9.17, 15) is 4.79 Å².